The second-order valence-electron chi connectivity index (χ2n) is 8.86. The third kappa shape index (κ3) is 5.87. The maximum atomic E-state index is 13.8. The molecule has 200 valence electrons. The van der Waals surface area contributed by atoms with Gasteiger partial charge in [0.1, 0.15) is 5.75 Å². The topological polar surface area (TPSA) is 92.8 Å². The smallest absolute Gasteiger partial charge is 0.262 e. The Balaban J connectivity index is 2.19. The van der Waals surface area contributed by atoms with Crippen molar-refractivity contribution in [3.05, 3.63) is 74.8 Å². The molecule has 3 aromatic carbocycles. The summed E-state index contributed by atoms with van der Waals surface area (Å²) >= 11 is 3.38. The van der Waals surface area contributed by atoms with Gasteiger partial charge in [-0.2, -0.15) is 4.31 Å². The van der Waals surface area contributed by atoms with Crippen LogP contribution in [0.2, 0.25) is 0 Å². The van der Waals surface area contributed by atoms with Gasteiger partial charge in [0.15, 0.2) is 5.75 Å². The van der Waals surface area contributed by atoms with Crippen LogP contribution in [0.15, 0.2) is 56.7 Å². The van der Waals surface area contributed by atoms with E-state index < -0.39 is 20.0 Å². The maximum Gasteiger partial charge on any atom is 0.262 e. The van der Waals surface area contributed by atoms with Gasteiger partial charge >= 0.3 is 0 Å². The minimum atomic E-state index is -4.10. The Morgan fingerprint density at radius 1 is 0.784 bits per heavy atom. The first-order chi connectivity index (χ1) is 17.2. The zero-order valence-corrected chi connectivity index (χ0v) is 25.4. The van der Waals surface area contributed by atoms with E-state index in [-0.39, 0.29) is 34.3 Å². The van der Waals surface area contributed by atoms with Crippen LogP contribution in [-0.2, 0) is 20.0 Å². The number of benzene rings is 3. The molecule has 3 aromatic rings. The summed E-state index contributed by atoms with van der Waals surface area (Å²) in [6, 6.07) is 11.3. The summed E-state index contributed by atoms with van der Waals surface area (Å²) in [5.74, 6) is 0.651. The molecule has 0 heterocycles. The van der Waals surface area contributed by atoms with Gasteiger partial charge in [0.25, 0.3) is 10.0 Å². The lowest BCUT2D eigenvalue weighted by molar-refractivity contribution is 0.445. The Labute approximate surface area is 229 Å². The van der Waals surface area contributed by atoms with Crippen molar-refractivity contribution in [1.82, 2.24) is 4.31 Å². The van der Waals surface area contributed by atoms with Crippen LogP contribution in [0.25, 0.3) is 0 Å². The summed E-state index contributed by atoms with van der Waals surface area (Å²) < 4.78 is 64.8. The number of rotatable bonds is 9. The highest BCUT2D eigenvalue weighted by atomic mass is 79.9. The molecular weight excluding hydrogens is 576 g/mol. The molecule has 0 radical (unpaired) electrons. The van der Waals surface area contributed by atoms with E-state index in [1.165, 1.54) is 22.5 Å². The summed E-state index contributed by atoms with van der Waals surface area (Å²) in [5, 5.41) is 0. The van der Waals surface area contributed by atoms with Gasteiger partial charge in [0.05, 0.1) is 15.5 Å². The molecule has 0 amide bonds. The lowest BCUT2D eigenvalue weighted by Gasteiger charge is -2.22. The average molecular weight is 610 g/mol. The van der Waals surface area contributed by atoms with Gasteiger partial charge in [0, 0.05) is 17.6 Å². The quantitative estimate of drug-likeness (QED) is 0.295. The molecule has 0 bridgehead atoms. The van der Waals surface area contributed by atoms with E-state index in [4.69, 9.17) is 4.74 Å². The van der Waals surface area contributed by atoms with E-state index in [2.05, 4.69) is 20.7 Å². The average Bonchev–Trinajstić information content (AvgIpc) is 2.84. The first-order valence-electron chi connectivity index (χ1n) is 11.9. The second kappa shape index (κ2) is 11.1. The predicted octanol–water partition coefficient (Wildman–Crippen LogP) is 6.61. The molecule has 3 rings (SSSR count). The van der Waals surface area contributed by atoms with Crippen LogP contribution in [0.3, 0.4) is 0 Å². The monoisotopic (exact) mass is 608 g/mol. The van der Waals surface area contributed by atoms with Crippen molar-refractivity contribution in [2.75, 3.05) is 17.8 Å². The highest BCUT2D eigenvalue weighted by Crippen LogP contribution is 2.36. The molecule has 1 N–H and O–H groups in total. The molecule has 0 spiro atoms. The number of ether oxygens (including phenoxy) is 1. The predicted molar refractivity (Wildman–Crippen MR) is 152 cm³/mol. The standard InChI is InChI=1S/C27H33BrN2O5S2/c1-8-30(9-2)37(33,34)24-14-15-26(35-23-12-10-22(28)11-13-23)25(16-24)29-36(31,32)27-20(6)18(4)17(3)19(5)21(27)7/h10-16,29H,8-9H2,1-7H3. The van der Waals surface area contributed by atoms with E-state index in [1.54, 1.807) is 52.0 Å². The Morgan fingerprint density at radius 3 is 1.81 bits per heavy atom. The number of sulfonamides is 2. The van der Waals surface area contributed by atoms with Crippen LogP contribution in [0.1, 0.15) is 41.7 Å². The number of hydrogen-bond donors (Lipinski definition) is 1. The van der Waals surface area contributed by atoms with E-state index >= 15 is 0 Å². The maximum absolute atomic E-state index is 13.8. The molecule has 0 aliphatic rings. The molecule has 0 aliphatic carbocycles. The first kappa shape index (κ1) is 29.2. The van der Waals surface area contributed by atoms with Crippen LogP contribution in [0, 0.1) is 34.6 Å². The molecule has 0 atom stereocenters. The summed E-state index contributed by atoms with van der Waals surface area (Å²) in [5.41, 5.74) is 4.16. The highest BCUT2D eigenvalue weighted by molar-refractivity contribution is 9.10. The zero-order chi connectivity index (χ0) is 27.7. The van der Waals surface area contributed by atoms with Crippen LogP contribution in [-0.4, -0.2) is 34.2 Å². The molecule has 10 heteroatoms. The Hall–Kier alpha value is -2.40. The van der Waals surface area contributed by atoms with E-state index in [9.17, 15) is 16.8 Å². The lowest BCUT2D eigenvalue weighted by atomic mass is 9.95. The van der Waals surface area contributed by atoms with Crippen molar-refractivity contribution in [2.24, 2.45) is 0 Å². The van der Waals surface area contributed by atoms with Crippen molar-refractivity contribution >= 4 is 41.7 Å². The number of nitrogens with zero attached hydrogens (tertiary/aromatic N) is 1. The third-order valence-electron chi connectivity index (χ3n) is 6.78. The van der Waals surface area contributed by atoms with Gasteiger partial charge in [-0.25, -0.2) is 16.8 Å². The van der Waals surface area contributed by atoms with E-state index in [0.29, 0.717) is 16.9 Å². The van der Waals surface area contributed by atoms with Crippen molar-refractivity contribution in [2.45, 2.75) is 58.3 Å². The molecule has 0 fully saturated rings. The molecule has 37 heavy (non-hydrogen) atoms. The summed E-state index contributed by atoms with van der Waals surface area (Å²) in [7, 11) is -7.94. The Bertz CT molecular complexity index is 1500. The Kier molecular flexibility index (Phi) is 8.78. The van der Waals surface area contributed by atoms with Crippen molar-refractivity contribution in [3.63, 3.8) is 0 Å². The number of anilines is 1. The minimum Gasteiger partial charge on any atom is -0.455 e. The van der Waals surface area contributed by atoms with Crippen molar-refractivity contribution < 1.29 is 21.6 Å². The van der Waals surface area contributed by atoms with E-state index in [0.717, 1.165) is 21.2 Å². The van der Waals surface area contributed by atoms with Gasteiger partial charge in [0.2, 0.25) is 10.0 Å². The second-order valence-corrected chi connectivity index (χ2v) is 13.3. The lowest BCUT2D eigenvalue weighted by Crippen LogP contribution is -2.30. The van der Waals surface area contributed by atoms with Gasteiger partial charge in [-0.3, -0.25) is 4.72 Å². The fraction of sp³-hybridized carbons (Fsp3) is 0.333. The Morgan fingerprint density at radius 2 is 1.30 bits per heavy atom. The zero-order valence-electron chi connectivity index (χ0n) is 22.1. The fourth-order valence-corrected chi connectivity index (χ4v) is 7.66. The number of halogens is 1. The van der Waals surface area contributed by atoms with Crippen LogP contribution < -0.4 is 9.46 Å². The van der Waals surface area contributed by atoms with Crippen LogP contribution >= 0.6 is 15.9 Å². The van der Waals surface area contributed by atoms with Crippen molar-refractivity contribution in [1.29, 1.82) is 0 Å². The van der Waals surface area contributed by atoms with Gasteiger partial charge < -0.3 is 4.74 Å². The normalized spacial score (nSPS) is 12.1. The molecule has 0 aliphatic heterocycles. The van der Waals surface area contributed by atoms with Gasteiger partial charge in [-0.05, 0) is 105 Å². The molecule has 7 nitrogen and oxygen atoms in total. The van der Waals surface area contributed by atoms with Crippen molar-refractivity contribution in [3.8, 4) is 11.5 Å². The van der Waals surface area contributed by atoms with Crippen LogP contribution in [0.4, 0.5) is 5.69 Å². The number of hydrogen-bond acceptors (Lipinski definition) is 5. The molecular formula is C27H33BrN2O5S2. The summed E-state index contributed by atoms with van der Waals surface area (Å²) in [6.45, 7) is 13.4. The van der Waals surface area contributed by atoms with E-state index in [1.807, 2.05) is 20.8 Å². The fourth-order valence-electron chi connectivity index (χ4n) is 4.24. The summed E-state index contributed by atoms with van der Waals surface area (Å²) in [4.78, 5) is 0.154. The SMILES string of the molecule is CCN(CC)S(=O)(=O)c1ccc(Oc2ccc(Br)cc2)c(NS(=O)(=O)c2c(C)c(C)c(C)c(C)c2C)c1. The largest absolute Gasteiger partial charge is 0.455 e. The van der Waals surface area contributed by atoms with Crippen LogP contribution in [0.5, 0.6) is 11.5 Å². The first-order valence-corrected chi connectivity index (χ1v) is 15.6. The third-order valence-corrected chi connectivity index (χ3v) is 11.0. The molecule has 0 saturated heterocycles. The number of nitrogens with one attached hydrogen (secondary N) is 1. The summed E-state index contributed by atoms with van der Waals surface area (Å²) in [6.07, 6.45) is 0. The molecule has 0 aromatic heterocycles. The van der Waals surface area contributed by atoms with Gasteiger partial charge in [-0.1, -0.05) is 29.8 Å². The molecule has 0 unspecified atom stereocenters. The highest BCUT2D eigenvalue weighted by Gasteiger charge is 2.27. The molecule has 0 saturated carbocycles. The minimum absolute atomic E-state index is 0.0261. The van der Waals surface area contributed by atoms with Gasteiger partial charge in [-0.15, -0.1) is 0 Å².